The van der Waals surface area contributed by atoms with E-state index < -0.39 is 39.0 Å². The lowest BCUT2D eigenvalue weighted by Crippen LogP contribution is -2.48. The largest absolute Gasteiger partial charge is 0.348 e. The van der Waals surface area contributed by atoms with E-state index in [0.29, 0.717) is 0 Å². The monoisotopic (exact) mass is 475 g/mol. The van der Waals surface area contributed by atoms with Crippen LogP contribution in [0.5, 0.6) is 0 Å². The number of rotatable bonds is 9. The summed E-state index contributed by atoms with van der Waals surface area (Å²) in [5, 5.41) is 2.80. The molecule has 1 heterocycles. The highest BCUT2D eigenvalue weighted by Gasteiger charge is 2.28. The predicted octanol–water partition coefficient (Wildman–Crippen LogP) is 4.86. The van der Waals surface area contributed by atoms with Crippen LogP contribution >= 0.6 is 23.2 Å². The summed E-state index contributed by atoms with van der Waals surface area (Å²) in [5.41, 5.74) is 1.27. The molecule has 0 aliphatic heterocycles. The van der Waals surface area contributed by atoms with Gasteiger partial charge in [-0.15, -0.1) is 0 Å². The van der Waals surface area contributed by atoms with Crippen molar-refractivity contribution in [2.24, 2.45) is 0 Å². The van der Waals surface area contributed by atoms with Crippen molar-refractivity contribution in [3.63, 3.8) is 0 Å². The second kappa shape index (κ2) is 10.0. The highest BCUT2D eigenvalue weighted by molar-refractivity contribution is 7.91. The second-order valence-corrected chi connectivity index (χ2v) is 10.4. The van der Waals surface area contributed by atoms with Gasteiger partial charge in [0.1, 0.15) is 10.8 Å². The summed E-state index contributed by atoms with van der Waals surface area (Å²) in [6.07, 6.45) is 2.38. The fourth-order valence-electron chi connectivity index (χ4n) is 2.80. The van der Waals surface area contributed by atoms with E-state index in [1.807, 2.05) is 12.1 Å². The van der Waals surface area contributed by atoms with Crippen LogP contribution in [0.1, 0.15) is 31.9 Å². The maximum atomic E-state index is 13.1. The summed E-state index contributed by atoms with van der Waals surface area (Å²) in [4.78, 5) is 14.6. The number of halogens is 3. The van der Waals surface area contributed by atoms with Gasteiger partial charge in [-0.1, -0.05) is 53.5 Å². The smallest absolute Gasteiger partial charge is 0.255 e. The quantitative estimate of drug-likeness (QED) is 0.400. The molecular formula is C20H24Cl2FN3O3S. The summed E-state index contributed by atoms with van der Waals surface area (Å²) in [7, 11) is -2.87. The number of aromatic nitrogens is 1. The molecule has 0 bridgehead atoms. The highest BCUT2D eigenvalue weighted by Crippen LogP contribution is 2.29. The number of nitrogens with one attached hydrogen (secondary N) is 2. The minimum Gasteiger partial charge on any atom is -0.348 e. The first-order valence-corrected chi connectivity index (χ1v) is 11.9. The van der Waals surface area contributed by atoms with Crippen LogP contribution in [-0.4, -0.2) is 38.6 Å². The molecule has 1 aromatic heterocycles. The topological polar surface area (TPSA) is 92.1 Å². The number of pyridine rings is 1. The first kappa shape index (κ1) is 24.5. The molecule has 0 saturated heterocycles. The van der Waals surface area contributed by atoms with Crippen molar-refractivity contribution in [3.05, 3.63) is 48.2 Å². The molecule has 2 aromatic rings. The van der Waals surface area contributed by atoms with E-state index in [4.69, 9.17) is 32.7 Å². The SMILES string of the molecule is CC(C)(NC(=O)C(Cl)Cl)O[C@@H](CCF)c1ccc(-c2ccc(S(C)(=N)=O)nc2)cc1. The molecule has 30 heavy (non-hydrogen) atoms. The highest BCUT2D eigenvalue weighted by atomic mass is 35.5. The van der Waals surface area contributed by atoms with Crippen LogP contribution in [0.15, 0.2) is 47.6 Å². The Morgan fingerprint density at radius 3 is 2.30 bits per heavy atom. The van der Waals surface area contributed by atoms with Crippen LogP contribution < -0.4 is 5.32 Å². The summed E-state index contributed by atoms with van der Waals surface area (Å²) in [6.45, 7) is 2.66. The predicted molar refractivity (Wildman–Crippen MR) is 117 cm³/mol. The van der Waals surface area contributed by atoms with Crippen molar-refractivity contribution in [2.75, 3.05) is 12.9 Å². The van der Waals surface area contributed by atoms with E-state index in [2.05, 4.69) is 10.3 Å². The lowest BCUT2D eigenvalue weighted by atomic mass is 10.0. The molecule has 1 amide bonds. The minimum atomic E-state index is -2.87. The average molecular weight is 476 g/mol. The number of carbonyl (C=O) groups is 1. The van der Waals surface area contributed by atoms with Crippen molar-refractivity contribution in [1.29, 1.82) is 4.78 Å². The number of alkyl halides is 3. The Balaban J connectivity index is 2.19. The molecule has 0 aliphatic carbocycles. The van der Waals surface area contributed by atoms with Crippen molar-refractivity contribution >= 4 is 38.8 Å². The van der Waals surface area contributed by atoms with Crippen LogP contribution in [0.25, 0.3) is 11.1 Å². The van der Waals surface area contributed by atoms with Crippen LogP contribution in [0.2, 0.25) is 0 Å². The molecule has 0 aliphatic rings. The van der Waals surface area contributed by atoms with Gasteiger partial charge in [-0.05, 0) is 31.0 Å². The van der Waals surface area contributed by atoms with Gasteiger partial charge in [0, 0.05) is 24.4 Å². The lowest BCUT2D eigenvalue weighted by Gasteiger charge is -2.32. The third-order valence-electron chi connectivity index (χ3n) is 4.18. The van der Waals surface area contributed by atoms with Gasteiger partial charge in [0.2, 0.25) is 0 Å². The van der Waals surface area contributed by atoms with Gasteiger partial charge in [0.05, 0.1) is 22.5 Å². The minimum absolute atomic E-state index is 0.106. The Kier molecular flexibility index (Phi) is 8.21. The van der Waals surface area contributed by atoms with Crippen molar-refractivity contribution in [2.45, 2.75) is 42.0 Å². The normalized spacial score (nSPS) is 14.9. The number of hydrogen-bond donors (Lipinski definition) is 2. The van der Waals surface area contributed by atoms with Crippen molar-refractivity contribution < 1.29 is 18.1 Å². The van der Waals surface area contributed by atoms with E-state index in [-0.39, 0.29) is 11.4 Å². The van der Waals surface area contributed by atoms with Crippen LogP contribution in [-0.2, 0) is 19.3 Å². The molecule has 10 heteroatoms. The molecule has 0 fully saturated rings. The average Bonchev–Trinajstić information content (AvgIpc) is 2.66. The number of ether oxygens (including phenoxy) is 1. The molecule has 6 nitrogen and oxygen atoms in total. The zero-order chi connectivity index (χ0) is 22.5. The second-order valence-electron chi connectivity index (χ2n) is 7.24. The number of hydrogen-bond acceptors (Lipinski definition) is 5. The molecule has 2 N–H and O–H groups in total. The Hall–Kier alpha value is -1.74. The summed E-state index contributed by atoms with van der Waals surface area (Å²) < 4.78 is 38.4. The number of benzene rings is 1. The van der Waals surface area contributed by atoms with Gasteiger partial charge in [0.15, 0.2) is 4.84 Å². The van der Waals surface area contributed by atoms with Gasteiger partial charge >= 0.3 is 0 Å². The molecule has 0 saturated carbocycles. The molecule has 2 atom stereocenters. The van der Waals surface area contributed by atoms with Gasteiger partial charge in [-0.25, -0.2) is 14.0 Å². The van der Waals surface area contributed by atoms with Crippen molar-refractivity contribution in [3.8, 4) is 11.1 Å². The van der Waals surface area contributed by atoms with Gasteiger partial charge in [-0.2, -0.15) is 0 Å². The summed E-state index contributed by atoms with van der Waals surface area (Å²) in [6, 6.07) is 10.6. The molecule has 2 rings (SSSR count). The standard InChI is InChI=1S/C20H24Cl2FN3O3S/c1-20(2,26-19(27)18(21)22)29-16(10-11-23)14-6-4-13(5-7-14)15-8-9-17(25-12-15)30(3,24)28/h4-9,12,16,18,24H,10-11H2,1-3H3,(H,26,27)/t16-,30?/m0/s1. The molecular weight excluding hydrogens is 452 g/mol. The lowest BCUT2D eigenvalue weighted by molar-refractivity contribution is -0.137. The molecule has 1 aromatic carbocycles. The fourth-order valence-corrected chi connectivity index (χ4v) is 3.49. The van der Waals surface area contributed by atoms with Gasteiger partial charge in [0.25, 0.3) is 5.91 Å². The van der Waals surface area contributed by atoms with Gasteiger partial charge < -0.3 is 10.1 Å². The first-order chi connectivity index (χ1) is 13.9. The maximum absolute atomic E-state index is 13.1. The van der Waals surface area contributed by atoms with Gasteiger partial charge in [-0.3, -0.25) is 9.18 Å². The van der Waals surface area contributed by atoms with E-state index in [0.717, 1.165) is 16.7 Å². The van der Waals surface area contributed by atoms with E-state index in [9.17, 15) is 13.4 Å². The van der Waals surface area contributed by atoms with Crippen molar-refractivity contribution in [1.82, 2.24) is 10.3 Å². The zero-order valence-corrected chi connectivity index (χ0v) is 19.2. The molecule has 164 valence electrons. The third kappa shape index (κ3) is 6.91. The Bertz CT molecular complexity index is 966. The molecule has 0 radical (unpaired) electrons. The van der Waals surface area contributed by atoms with Crippen LogP contribution in [0.4, 0.5) is 4.39 Å². The maximum Gasteiger partial charge on any atom is 0.255 e. The number of carbonyl (C=O) groups excluding carboxylic acids is 1. The molecule has 0 spiro atoms. The van der Waals surface area contributed by atoms with Crippen LogP contribution in [0.3, 0.4) is 0 Å². The third-order valence-corrected chi connectivity index (χ3v) is 5.62. The zero-order valence-electron chi connectivity index (χ0n) is 16.8. The number of amides is 1. The Morgan fingerprint density at radius 2 is 1.83 bits per heavy atom. The number of nitrogens with zero attached hydrogens (tertiary/aromatic N) is 1. The Labute approximate surface area is 186 Å². The fraction of sp³-hybridized carbons (Fsp3) is 0.400. The van der Waals surface area contributed by atoms with E-state index >= 15 is 0 Å². The summed E-state index contributed by atoms with van der Waals surface area (Å²) >= 11 is 11.1. The summed E-state index contributed by atoms with van der Waals surface area (Å²) in [5.74, 6) is -0.600. The van der Waals surface area contributed by atoms with E-state index in [1.54, 1.807) is 44.3 Å². The first-order valence-electron chi connectivity index (χ1n) is 9.07. The van der Waals surface area contributed by atoms with Crippen LogP contribution in [0, 0.1) is 4.78 Å². The Morgan fingerprint density at radius 1 is 1.23 bits per heavy atom. The van der Waals surface area contributed by atoms with E-state index in [1.165, 1.54) is 6.26 Å². The molecule has 1 unspecified atom stereocenters.